The lowest BCUT2D eigenvalue weighted by Gasteiger charge is -2.24. The highest BCUT2D eigenvalue weighted by Gasteiger charge is 2.16. The van der Waals surface area contributed by atoms with Gasteiger partial charge in [0.15, 0.2) is 0 Å². The number of carbonyl (C=O) groups is 2. The second kappa shape index (κ2) is 7.69. The van der Waals surface area contributed by atoms with Crippen LogP contribution < -0.4 is 0 Å². The topological polar surface area (TPSA) is 65.8 Å². The third-order valence-electron chi connectivity index (χ3n) is 3.02. The lowest BCUT2D eigenvalue weighted by atomic mass is 10.3. The van der Waals surface area contributed by atoms with Gasteiger partial charge in [-0.05, 0) is 32.6 Å². The van der Waals surface area contributed by atoms with E-state index in [1.54, 1.807) is 17.2 Å². The highest BCUT2D eigenvalue weighted by molar-refractivity contribution is 5.86. The summed E-state index contributed by atoms with van der Waals surface area (Å²) in [4.78, 5) is 27.1. The summed E-state index contributed by atoms with van der Waals surface area (Å²) in [6, 6.07) is 3.14. The normalized spacial score (nSPS) is 10.8. The molecule has 0 bridgehead atoms. The van der Waals surface area contributed by atoms with Crippen LogP contribution in [0.1, 0.15) is 23.8 Å². The fourth-order valence-corrected chi connectivity index (χ4v) is 1.94. The first-order valence-corrected chi connectivity index (χ1v) is 6.76. The minimum Gasteiger partial charge on any atom is -0.477 e. The number of hydrogen-bond acceptors (Lipinski definition) is 3. The smallest absolute Gasteiger partial charge is 0.352 e. The van der Waals surface area contributed by atoms with Crippen LogP contribution in [0.2, 0.25) is 0 Å². The van der Waals surface area contributed by atoms with Crippen molar-refractivity contribution in [2.24, 2.45) is 0 Å². The predicted molar refractivity (Wildman–Crippen MR) is 76.8 cm³/mol. The number of aromatic carboxylic acids is 1. The van der Waals surface area contributed by atoms with Gasteiger partial charge in [0.2, 0.25) is 5.91 Å². The van der Waals surface area contributed by atoms with E-state index in [-0.39, 0.29) is 18.1 Å². The van der Waals surface area contributed by atoms with Gasteiger partial charge in [0, 0.05) is 25.8 Å². The van der Waals surface area contributed by atoms with Crippen LogP contribution in [-0.4, -0.2) is 65.1 Å². The van der Waals surface area contributed by atoms with Crippen molar-refractivity contribution in [3.63, 3.8) is 0 Å². The Morgan fingerprint density at radius 2 is 1.95 bits per heavy atom. The molecule has 0 aliphatic rings. The summed E-state index contributed by atoms with van der Waals surface area (Å²) in [6.45, 7) is 4.24. The molecule has 0 fully saturated rings. The largest absolute Gasteiger partial charge is 0.477 e. The van der Waals surface area contributed by atoms with Crippen LogP contribution in [0.5, 0.6) is 0 Å². The molecular weight excluding hydrogens is 258 g/mol. The first-order chi connectivity index (χ1) is 9.45. The van der Waals surface area contributed by atoms with Crippen LogP contribution in [-0.2, 0) is 11.3 Å². The first-order valence-electron chi connectivity index (χ1n) is 6.76. The zero-order valence-corrected chi connectivity index (χ0v) is 12.4. The number of nitrogens with zero attached hydrogens (tertiary/aromatic N) is 3. The third-order valence-corrected chi connectivity index (χ3v) is 3.02. The molecule has 0 saturated heterocycles. The average Bonchev–Trinajstić information content (AvgIpc) is 2.82. The van der Waals surface area contributed by atoms with Crippen molar-refractivity contribution in [1.29, 1.82) is 0 Å². The van der Waals surface area contributed by atoms with Gasteiger partial charge in [-0.25, -0.2) is 4.79 Å². The number of likely N-dealkylation sites (N-methyl/N-ethyl adjacent to an activating group) is 1. The molecular formula is C14H23N3O3. The number of amides is 1. The molecule has 0 aliphatic heterocycles. The first kappa shape index (κ1) is 16.2. The van der Waals surface area contributed by atoms with Gasteiger partial charge in [0.1, 0.15) is 12.2 Å². The number of aromatic nitrogens is 1. The van der Waals surface area contributed by atoms with E-state index in [4.69, 9.17) is 5.11 Å². The Balaban J connectivity index is 2.69. The SMILES string of the molecule is CCCN(CCN(C)C)C(=O)Cn1cccc1C(=O)O. The van der Waals surface area contributed by atoms with Crippen LogP contribution in [0.15, 0.2) is 18.3 Å². The number of carboxylic acids is 1. The van der Waals surface area contributed by atoms with Crippen molar-refractivity contribution in [3.05, 3.63) is 24.0 Å². The minimum absolute atomic E-state index is 0.0487. The fourth-order valence-electron chi connectivity index (χ4n) is 1.94. The summed E-state index contributed by atoms with van der Waals surface area (Å²) in [7, 11) is 3.92. The molecule has 1 heterocycles. The van der Waals surface area contributed by atoms with E-state index >= 15 is 0 Å². The highest BCUT2D eigenvalue weighted by Crippen LogP contribution is 2.04. The minimum atomic E-state index is -1.02. The van der Waals surface area contributed by atoms with Crippen LogP contribution in [0, 0.1) is 0 Å². The Bertz CT molecular complexity index is 454. The number of carbonyl (C=O) groups excluding carboxylic acids is 1. The summed E-state index contributed by atoms with van der Waals surface area (Å²) >= 11 is 0. The molecule has 0 aliphatic carbocycles. The van der Waals surface area contributed by atoms with Crippen LogP contribution in [0.3, 0.4) is 0 Å². The number of hydrogen-bond donors (Lipinski definition) is 1. The van der Waals surface area contributed by atoms with E-state index < -0.39 is 5.97 Å². The van der Waals surface area contributed by atoms with Crippen molar-refractivity contribution in [2.45, 2.75) is 19.9 Å². The molecule has 0 unspecified atom stereocenters. The maximum absolute atomic E-state index is 12.3. The van der Waals surface area contributed by atoms with Crippen molar-refractivity contribution in [3.8, 4) is 0 Å². The maximum atomic E-state index is 12.3. The summed E-state index contributed by atoms with van der Waals surface area (Å²) in [6.07, 6.45) is 2.51. The second-order valence-electron chi connectivity index (χ2n) is 5.01. The summed E-state index contributed by atoms with van der Waals surface area (Å²) in [5, 5.41) is 9.03. The molecule has 0 atom stereocenters. The van der Waals surface area contributed by atoms with Crippen molar-refractivity contribution in [1.82, 2.24) is 14.4 Å². The van der Waals surface area contributed by atoms with Gasteiger partial charge in [-0.3, -0.25) is 4.79 Å². The lowest BCUT2D eigenvalue weighted by Crippen LogP contribution is -2.39. The monoisotopic (exact) mass is 281 g/mol. The fraction of sp³-hybridized carbons (Fsp3) is 0.571. The van der Waals surface area contributed by atoms with Gasteiger partial charge in [-0.15, -0.1) is 0 Å². The molecule has 1 aromatic heterocycles. The molecule has 1 N–H and O–H groups in total. The zero-order chi connectivity index (χ0) is 15.1. The third kappa shape index (κ3) is 4.70. The van der Waals surface area contributed by atoms with Gasteiger partial charge < -0.3 is 19.5 Å². The molecule has 1 amide bonds. The molecule has 6 heteroatoms. The predicted octanol–water partition coefficient (Wildman–Crippen LogP) is 0.987. The Labute approximate surface area is 119 Å². The summed E-state index contributed by atoms with van der Waals surface area (Å²) in [5.74, 6) is -1.06. The standard InChI is InChI=1S/C14H23N3O3/c1-4-7-16(10-9-15(2)3)13(18)11-17-8-5-6-12(17)14(19)20/h5-6,8H,4,7,9-11H2,1-3H3,(H,19,20). The quantitative estimate of drug-likeness (QED) is 0.771. The molecule has 112 valence electrons. The van der Waals surface area contributed by atoms with Crippen LogP contribution in [0.25, 0.3) is 0 Å². The Hall–Kier alpha value is -1.82. The lowest BCUT2D eigenvalue weighted by molar-refractivity contribution is -0.132. The van der Waals surface area contributed by atoms with E-state index in [2.05, 4.69) is 0 Å². The average molecular weight is 281 g/mol. The summed E-state index contributed by atoms with van der Waals surface area (Å²) < 4.78 is 1.48. The van der Waals surface area contributed by atoms with Gasteiger partial charge >= 0.3 is 5.97 Å². The van der Waals surface area contributed by atoms with Crippen molar-refractivity contribution in [2.75, 3.05) is 33.7 Å². The molecule has 0 aromatic carbocycles. The van der Waals surface area contributed by atoms with E-state index in [0.29, 0.717) is 13.1 Å². The van der Waals surface area contributed by atoms with E-state index in [0.717, 1.165) is 13.0 Å². The second-order valence-corrected chi connectivity index (χ2v) is 5.01. The van der Waals surface area contributed by atoms with Crippen molar-refractivity contribution < 1.29 is 14.7 Å². The summed E-state index contributed by atoms with van der Waals surface area (Å²) in [5.41, 5.74) is 0.141. The zero-order valence-electron chi connectivity index (χ0n) is 12.4. The van der Waals surface area contributed by atoms with Gasteiger partial charge in [0.25, 0.3) is 0 Å². The van der Waals surface area contributed by atoms with E-state index in [1.807, 2.05) is 25.9 Å². The number of carboxylic acid groups (broad SMARTS) is 1. The molecule has 1 aromatic rings. The van der Waals surface area contributed by atoms with E-state index in [1.165, 1.54) is 10.6 Å². The number of rotatable bonds is 8. The van der Waals surface area contributed by atoms with E-state index in [9.17, 15) is 9.59 Å². The molecule has 6 nitrogen and oxygen atoms in total. The van der Waals surface area contributed by atoms with Gasteiger partial charge in [-0.2, -0.15) is 0 Å². The highest BCUT2D eigenvalue weighted by atomic mass is 16.4. The van der Waals surface area contributed by atoms with Gasteiger partial charge in [0.05, 0.1) is 0 Å². The Morgan fingerprint density at radius 3 is 2.50 bits per heavy atom. The molecule has 0 radical (unpaired) electrons. The van der Waals surface area contributed by atoms with Gasteiger partial charge in [-0.1, -0.05) is 6.92 Å². The molecule has 0 saturated carbocycles. The molecule has 20 heavy (non-hydrogen) atoms. The molecule has 0 spiro atoms. The Kier molecular flexibility index (Phi) is 6.24. The molecule has 1 rings (SSSR count). The van der Waals surface area contributed by atoms with Crippen LogP contribution >= 0.6 is 0 Å². The van der Waals surface area contributed by atoms with Crippen molar-refractivity contribution >= 4 is 11.9 Å². The maximum Gasteiger partial charge on any atom is 0.352 e. The van der Waals surface area contributed by atoms with Crippen LogP contribution in [0.4, 0.5) is 0 Å². The Morgan fingerprint density at radius 1 is 1.25 bits per heavy atom.